The molecule has 2 heterocycles. The number of nitrogen functional groups attached to an aromatic ring is 1. The predicted molar refractivity (Wildman–Crippen MR) is 149 cm³/mol. The molecule has 3 amide bonds. The molecule has 0 saturated carbocycles. The van der Waals surface area contributed by atoms with Crippen molar-refractivity contribution in [1.82, 2.24) is 35.9 Å². The van der Waals surface area contributed by atoms with Crippen molar-refractivity contribution in [3.63, 3.8) is 0 Å². The standard InChI is InChI=1S/C24H29N9O6S/c25-24-32-20-19(22(37)33-24)30-15(12-29-20)11-28-14-3-1-13(2-4-14)21(36)31-16(23(38)39)5-6-17(34)26-8-9-27-18(35)7-10-40/h1-4,12,16,28,40H,5-11H2,(H,26,34)(H,27,35)(H,31,36)(H,38,39)(H3,25,29,32,33,37)/t16-/m0/s1. The van der Waals surface area contributed by atoms with E-state index in [0.717, 1.165) is 0 Å². The molecule has 0 spiro atoms. The third-order valence-electron chi connectivity index (χ3n) is 5.48. The van der Waals surface area contributed by atoms with Gasteiger partial charge in [0.1, 0.15) is 6.04 Å². The highest BCUT2D eigenvalue weighted by molar-refractivity contribution is 7.80. The first kappa shape index (κ1) is 29.8. The van der Waals surface area contributed by atoms with Gasteiger partial charge in [0.2, 0.25) is 17.8 Å². The van der Waals surface area contributed by atoms with Gasteiger partial charge in [-0.15, -0.1) is 0 Å². The summed E-state index contributed by atoms with van der Waals surface area (Å²) in [6.45, 7) is 0.661. The van der Waals surface area contributed by atoms with E-state index in [2.05, 4.69) is 53.8 Å². The van der Waals surface area contributed by atoms with Gasteiger partial charge in [0.25, 0.3) is 11.5 Å². The van der Waals surface area contributed by atoms with Gasteiger partial charge in [0, 0.05) is 37.2 Å². The van der Waals surface area contributed by atoms with E-state index in [4.69, 9.17) is 5.73 Å². The second-order valence-corrected chi connectivity index (χ2v) is 8.94. The molecule has 8 N–H and O–H groups in total. The van der Waals surface area contributed by atoms with Crippen LogP contribution in [0.3, 0.4) is 0 Å². The Morgan fingerprint density at radius 1 is 1.02 bits per heavy atom. The van der Waals surface area contributed by atoms with E-state index in [-0.39, 0.29) is 67.5 Å². The lowest BCUT2D eigenvalue weighted by Crippen LogP contribution is -2.42. The summed E-state index contributed by atoms with van der Waals surface area (Å²) in [5.74, 6) is -2.10. The third kappa shape index (κ3) is 8.93. The quantitative estimate of drug-likeness (QED) is 0.0900. The number of anilines is 2. The molecule has 0 radical (unpaired) electrons. The van der Waals surface area contributed by atoms with E-state index in [9.17, 15) is 29.1 Å². The second-order valence-electron chi connectivity index (χ2n) is 8.49. The maximum atomic E-state index is 12.6. The van der Waals surface area contributed by atoms with Gasteiger partial charge in [-0.1, -0.05) is 0 Å². The van der Waals surface area contributed by atoms with Gasteiger partial charge in [-0.05, 0) is 36.4 Å². The first-order chi connectivity index (χ1) is 19.2. The van der Waals surface area contributed by atoms with Crippen molar-refractivity contribution >= 4 is 59.1 Å². The van der Waals surface area contributed by atoms with Crippen molar-refractivity contribution < 1.29 is 24.3 Å². The Kier molecular flexibility index (Phi) is 10.8. The van der Waals surface area contributed by atoms with E-state index in [1.54, 1.807) is 12.1 Å². The number of aliphatic carboxylic acids is 1. The molecule has 15 nitrogen and oxygen atoms in total. The largest absolute Gasteiger partial charge is 0.480 e. The van der Waals surface area contributed by atoms with Crippen LogP contribution in [0.15, 0.2) is 35.3 Å². The van der Waals surface area contributed by atoms with Gasteiger partial charge in [-0.2, -0.15) is 17.6 Å². The third-order valence-corrected chi connectivity index (χ3v) is 5.70. The molecule has 0 fully saturated rings. The van der Waals surface area contributed by atoms with E-state index >= 15 is 0 Å². The van der Waals surface area contributed by atoms with Gasteiger partial charge in [-0.3, -0.25) is 24.2 Å². The van der Waals surface area contributed by atoms with Gasteiger partial charge in [-0.25, -0.2) is 14.8 Å². The Labute approximate surface area is 233 Å². The zero-order valence-electron chi connectivity index (χ0n) is 21.3. The number of hydrogen-bond acceptors (Lipinski definition) is 11. The zero-order chi connectivity index (χ0) is 29.1. The van der Waals surface area contributed by atoms with Crippen molar-refractivity contribution in [2.45, 2.75) is 31.8 Å². The molecule has 212 valence electrons. The van der Waals surface area contributed by atoms with Crippen LogP contribution in [0.4, 0.5) is 11.6 Å². The minimum atomic E-state index is -1.27. The van der Waals surface area contributed by atoms with Gasteiger partial charge < -0.3 is 32.1 Å². The van der Waals surface area contributed by atoms with E-state index < -0.39 is 29.4 Å². The van der Waals surface area contributed by atoms with Crippen LogP contribution in [-0.2, 0) is 20.9 Å². The number of amides is 3. The van der Waals surface area contributed by atoms with Gasteiger partial charge >= 0.3 is 5.97 Å². The average Bonchev–Trinajstić information content (AvgIpc) is 2.92. The molecule has 3 aromatic rings. The zero-order valence-corrected chi connectivity index (χ0v) is 22.2. The number of carboxylic acid groups (broad SMARTS) is 1. The molecular weight excluding hydrogens is 542 g/mol. The number of hydrogen-bond donors (Lipinski definition) is 8. The Hall–Kier alpha value is -4.73. The van der Waals surface area contributed by atoms with Gasteiger partial charge in [0.05, 0.1) is 18.4 Å². The molecule has 0 aliphatic heterocycles. The predicted octanol–water partition coefficient (Wildman–Crippen LogP) is -0.577. The lowest BCUT2D eigenvalue weighted by molar-refractivity contribution is -0.139. The number of benzene rings is 1. The Morgan fingerprint density at radius 2 is 1.70 bits per heavy atom. The number of thiol groups is 1. The monoisotopic (exact) mass is 571 g/mol. The number of nitrogens with one attached hydrogen (secondary N) is 5. The Bertz CT molecular complexity index is 1430. The van der Waals surface area contributed by atoms with Crippen LogP contribution in [0.1, 0.15) is 35.3 Å². The molecule has 1 atom stereocenters. The number of nitrogens with zero attached hydrogens (tertiary/aromatic N) is 3. The Balaban J connectivity index is 1.47. The number of aromatic nitrogens is 4. The minimum absolute atomic E-state index is 0.0547. The van der Waals surface area contributed by atoms with Crippen LogP contribution >= 0.6 is 12.6 Å². The molecule has 0 bridgehead atoms. The summed E-state index contributed by atoms with van der Waals surface area (Å²) in [5.41, 5.74) is 6.51. The van der Waals surface area contributed by atoms with Crippen LogP contribution in [0.2, 0.25) is 0 Å². The lowest BCUT2D eigenvalue weighted by Gasteiger charge is -2.15. The van der Waals surface area contributed by atoms with Crippen LogP contribution in [0, 0.1) is 0 Å². The normalized spacial score (nSPS) is 11.4. The number of H-pyrrole nitrogens is 1. The lowest BCUT2D eigenvalue weighted by atomic mass is 10.1. The molecule has 2 aromatic heterocycles. The minimum Gasteiger partial charge on any atom is -0.480 e. The van der Waals surface area contributed by atoms with Crippen LogP contribution < -0.4 is 32.6 Å². The van der Waals surface area contributed by atoms with E-state index in [1.807, 2.05) is 0 Å². The summed E-state index contributed by atoms with van der Waals surface area (Å²) >= 11 is 3.96. The smallest absolute Gasteiger partial charge is 0.326 e. The second kappa shape index (κ2) is 14.4. The first-order valence-corrected chi connectivity index (χ1v) is 12.8. The number of nitrogens with two attached hydrogens (primary N) is 1. The highest BCUT2D eigenvalue weighted by atomic mass is 32.1. The highest BCUT2D eigenvalue weighted by Crippen LogP contribution is 2.12. The Morgan fingerprint density at radius 3 is 2.35 bits per heavy atom. The molecule has 1 aromatic carbocycles. The van der Waals surface area contributed by atoms with Crippen LogP contribution in [-0.4, -0.2) is 73.6 Å². The van der Waals surface area contributed by atoms with E-state index in [0.29, 0.717) is 17.1 Å². The fraction of sp³-hybridized carbons (Fsp3) is 0.333. The highest BCUT2D eigenvalue weighted by Gasteiger charge is 2.21. The molecule has 3 rings (SSSR count). The molecule has 16 heteroatoms. The average molecular weight is 572 g/mol. The summed E-state index contributed by atoms with van der Waals surface area (Å²) in [5, 5.41) is 20.2. The molecular formula is C24H29N9O6S. The van der Waals surface area contributed by atoms with Crippen molar-refractivity contribution in [2.24, 2.45) is 0 Å². The number of carbonyl (C=O) groups is 4. The number of carbonyl (C=O) groups excluding carboxylic acids is 3. The van der Waals surface area contributed by atoms with Crippen molar-refractivity contribution in [3.05, 3.63) is 52.1 Å². The molecule has 0 saturated heterocycles. The van der Waals surface area contributed by atoms with Crippen molar-refractivity contribution in [2.75, 3.05) is 29.9 Å². The summed E-state index contributed by atoms with van der Waals surface area (Å²) in [6, 6.07) is 4.99. The molecule has 0 unspecified atom stereocenters. The summed E-state index contributed by atoms with van der Waals surface area (Å²) in [6.07, 6.45) is 1.49. The SMILES string of the molecule is Nc1nc2ncc(CNc3ccc(C(=O)N[C@@H](CCC(=O)NCCNC(=O)CCS)C(=O)O)cc3)nc2c(=O)[nH]1. The molecule has 0 aliphatic rings. The summed E-state index contributed by atoms with van der Waals surface area (Å²) in [4.78, 5) is 74.2. The van der Waals surface area contributed by atoms with Crippen molar-refractivity contribution in [3.8, 4) is 0 Å². The maximum Gasteiger partial charge on any atom is 0.326 e. The van der Waals surface area contributed by atoms with Gasteiger partial charge in [0.15, 0.2) is 11.2 Å². The van der Waals surface area contributed by atoms with E-state index in [1.165, 1.54) is 18.3 Å². The topological polar surface area (TPSA) is 234 Å². The molecule has 40 heavy (non-hydrogen) atoms. The number of rotatable bonds is 14. The number of aromatic amines is 1. The fourth-order valence-corrected chi connectivity index (χ4v) is 3.65. The number of fused-ring (bicyclic) bond motifs is 1. The number of carboxylic acids is 1. The van der Waals surface area contributed by atoms with Crippen molar-refractivity contribution in [1.29, 1.82) is 0 Å². The summed E-state index contributed by atoms with van der Waals surface area (Å²) in [7, 11) is 0. The fourth-order valence-electron chi connectivity index (χ4n) is 3.44. The molecule has 0 aliphatic carbocycles. The first-order valence-electron chi connectivity index (χ1n) is 12.2. The maximum absolute atomic E-state index is 12.6. The van der Waals surface area contributed by atoms with Crippen LogP contribution in [0.5, 0.6) is 0 Å². The summed E-state index contributed by atoms with van der Waals surface area (Å²) < 4.78 is 0. The van der Waals surface area contributed by atoms with Crippen LogP contribution in [0.25, 0.3) is 11.2 Å².